The maximum atomic E-state index is 12.2. The highest BCUT2D eigenvalue weighted by Gasteiger charge is 2.08. The van der Waals surface area contributed by atoms with E-state index in [9.17, 15) is 9.59 Å². The van der Waals surface area contributed by atoms with E-state index in [4.69, 9.17) is 9.47 Å². The number of para-hydroxylation sites is 1. The average molecular weight is 469 g/mol. The van der Waals surface area contributed by atoms with Gasteiger partial charge in [-0.15, -0.1) is 0 Å². The van der Waals surface area contributed by atoms with E-state index in [0.29, 0.717) is 22.9 Å². The molecule has 2 amide bonds. The first-order chi connectivity index (χ1) is 14.5. The van der Waals surface area contributed by atoms with E-state index in [-0.39, 0.29) is 25.0 Å². The SMILES string of the molecule is Cc1cc(OCC(=O)Nc2cccc(NC(=O)COc3ccccc3)c2)ccc1Br. The lowest BCUT2D eigenvalue weighted by Crippen LogP contribution is -2.21. The highest BCUT2D eigenvalue weighted by atomic mass is 79.9. The third-order valence-electron chi connectivity index (χ3n) is 4.04. The van der Waals surface area contributed by atoms with Crippen LogP contribution in [-0.4, -0.2) is 25.0 Å². The van der Waals surface area contributed by atoms with Gasteiger partial charge in [0.2, 0.25) is 0 Å². The first-order valence-corrected chi connectivity index (χ1v) is 10.1. The van der Waals surface area contributed by atoms with Gasteiger partial charge in [-0.05, 0) is 61.0 Å². The van der Waals surface area contributed by atoms with Crippen molar-refractivity contribution in [1.29, 1.82) is 0 Å². The number of nitrogens with one attached hydrogen (secondary N) is 2. The van der Waals surface area contributed by atoms with Crippen molar-refractivity contribution >= 4 is 39.1 Å². The maximum Gasteiger partial charge on any atom is 0.262 e. The summed E-state index contributed by atoms with van der Waals surface area (Å²) < 4.78 is 11.9. The molecule has 7 heteroatoms. The number of anilines is 2. The van der Waals surface area contributed by atoms with Crippen LogP contribution >= 0.6 is 15.9 Å². The van der Waals surface area contributed by atoms with Gasteiger partial charge in [0.1, 0.15) is 11.5 Å². The zero-order valence-corrected chi connectivity index (χ0v) is 17.9. The second-order valence-electron chi connectivity index (χ2n) is 6.48. The first kappa shape index (κ1) is 21.4. The standard InChI is InChI=1S/C23H21BrN2O4/c1-16-12-20(10-11-21(16)24)30-15-23(28)26-18-7-5-6-17(13-18)25-22(27)14-29-19-8-3-2-4-9-19/h2-13H,14-15H2,1H3,(H,25,27)(H,26,28). The van der Waals surface area contributed by atoms with Gasteiger partial charge in [-0.1, -0.05) is 40.2 Å². The summed E-state index contributed by atoms with van der Waals surface area (Å²) >= 11 is 3.43. The van der Waals surface area contributed by atoms with E-state index in [0.717, 1.165) is 10.0 Å². The number of rotatable bonds is 8. The molecule has 0 aromatic heterocycles. The normalized spacial score (nSPS) is 10.2. The molecule has 0 spiro atoms. The molecular weight excluding hydrogens is 448 g/mol. The smallest absolute Gasteiger partial charge is 0.262 e. The van der Waals surface area contributed by atoms with Crippen molar-refractivity contribution in [2.24, 2.45) is 0 Å². The molecule has 3 aromatic rings. The lowest BCUT2D eigenvalue weighted by molar-refractivity contribution is -0.118. The topological polar surface area (TPSA) is 76.7 Å². The van der Waals surface area contributed by atoms with Gasteiger partial charge >= 0.3 is 0 Å². The van der Waals surface area contributed by atoms with Gasteiger partial charge in [0.15, 0.2) is 13.2 Å². The number of halogens is 1. The van der Waals surface area contributed by atoms with Crippen molar-refractivity contribution in [3.05, 3.63) is 82.8 Å². The van der Waals surface area contributed by atoms with Crippen LogP contribution in [0.15, 0.2) is 77.3 Å². The molecule has 0 saturated heterocycles. The number of carbonyl (C=O) groups excluding carboxylic acids is 2. The largest absolute Gasteiger partial charge is 0.484 e. The monoisotopic (exact) mass is 468 g/mol. The Balaban J connectivity index is 1.48. The molecule has 0 saturated carbocycles. The van der Waals surface area contributed by atoms with Gasteiger partial charge in [-0.3, -0.25) is 9.59 Å². The molecule has 0 aliphatic heterocycles. The van der Waals surface area contributed by atoms with Crippen LogP contribution in [0.4, 0.5) is 11.4 Å². The highest BCUT2D eigenvalue weighted by Crippen LogP contribution is 2.21. The Kier molecular flexibility index (Phi) is 7.45. The minimum Gasteiger partial charge on any atom is -0.484 e. The summed E-state index contributed by atoms with van der Waals surface area (Å²) in [5, 5.41) is 5.50. The molecular formula is C23H21BrN2O4. The summed E-state index contributed by atoms with van der Waals surface area (Å²) in [7, 11) is 0. The summed E-state index contributed by atoms with van der Waals surface area (Å²) in [6.45, 7) is 1.71. The summed E-state index contributed by atoms with van der Waals surface area (Å²) in [5.74, 6) is 0.641. The van der Waals surface area contributed by atoms with E-state index < -0.39 is 0 Å². The van der Waals surface area contributed by atoms with Crippen LogP contribution in [0.2, 0.25) is 0 Å². The van der Waals surface area contributed by atoms with Crippen molar-refractivity contribution < 1.29 is 19.1 Å². The molecule has 0 atom stereocenters. The van der Waals surface area contributed by atoms with E-state index in [1.54, 1.807) is 42.5 Å². The predicted molar refractivity (Wildman–Crippen MR) is 120 cm³/mol. The van der Waals surface area contributed by atoms with Crippen molar-refractivity contribution in [3.8, 4) is 11.5 Å². The maximum absolute atomic E-state index is 12.2. The molecule has 0 fully saturated rings. The van der Waals surface area contributed by atoms with Crippen LogP contribution in [0.3, 0.4) is 0 Å². The molecule has 0 aliphatic rings. The molecule has 3 aromatic carbocycles. The summed E-state index contributed by atoms with van der Waals surface area (Å²) in [6.07, 6.45) is 0. The molecule has 0 heterocycles. The first-order valence-electron chi connectivity index (χ1n) is 9.26. The van der Waals surface area contributed by atoms with Gasteiger partial charge in [0.05, 0.1) is 0 Å². The zero-order valence-electron chi connectivity index (χ0n) is 16.4. The minimum atomic E-state index is -0.300. The second-order valence-corrected chi connectivity index (χ2v) is 7.33. The summed E-state index contributed by atoms with van der Waals surface area (Å²) in [4.78, 5) is 24.3. The number of amides is 2. The fourth-order valence-corrected chi connectivity index (χ4v) is 2.84. The number of benzene rings is 3. The van der Waals surface area contributed by atoms with E-state index >= 15 is 0 Å². The molecule has 0 radical (unpaired) electrons. The molecule has 0 unspecified atom stereocenters. The Labute approximate surface area is 183 Å². The quantitative estimate of drug-likeness (QED) is 0.498. The average Bonchev–Trinajstić information content (AvgIpc) is 2.74. The van der Waals surface area contributed by atoms with Gasteiger partial charge < -0.3 is 20.1 Å². The third kappa shape index (κ3) is 6.63. The summed E-state index contributed by atoms with van der Waals surface area (Å²) in [6, 6.07) is 21.5. The number of carbonyl (C=O) groups is 2. The summed E-state index contributed by atoms with van der Waals surface area (Å²) in [5.41, 5.74) is 2.13. The molecule has 0 bridgehead atoms. The van der Waals surface area contributed by atoms with E-state index in [1.165, 1.54) is 0 Å². The predicted octanol–water partition coefficient (Wildman–Crippen LogP) is 4.79. The molecule has 154 valence electrons. The molecule has 2 N–H and O–H groups in total. The Morgan fingerprint density at radius 1 is 0.767 bits per heavy atom. The molecule has 30 heavy (non-hydrogen) atoms. The van der Waals surface area contributed by atoms with Crippen molar-refractivity contribution in [1.82, 2.24) is 0 Å². The van der Waals surface area contributed by atoms with Crippen LogP contribution < -0.4 is 20.1 Å². The van der Waals surface area contributed by atoms with Gasteiger partial charge in [0.25, 0.3) is 11.8 Å². The fourth-order valence-electron chi connectivity index (χ4n) is 2.59. The Bertz CT molecular complexity index is 1020. The van der Waals surface area contributed by atoms with Gasteiger partial charge in [-0.2, -0.15) is 0 Å². The highest BCUT2D eigenvalue weighted by molar-refractivity contribution is 9.10. The number of hydrogen-bond donors (Lipinski definition) is 2. The number of ether oxygens (including phenoxy) is 2. The number of aryl methyl sites for hydroxylation is 1. The van der Waals surface area contributed by atoms with Gasteiger partial charge in [-0.25, -0.2) is 0 Å². The van der Waals surface area contributed by atoms with Crippen LogP contribution in [0.5, 0.6) is 11.5 Å². The van der Waals surface area contributed by atoms with Crippen molar-refractivity contribution in [2.45, 2.75) is 6.92 Å². The zero-order chi connectivity index (χ0) is 21.3. The van der Waals surface area contributed by atoms with Crippen LogP contribution in [-0.2, 0) is 9.59 Å². The lowest BCUT2D eigenvalue weighted by Gasteiger charge is -2.11. The molecule has 0 aliphatic carbocycles. The van der Waals surface area contributed by atoms with Crippen molar-refractivity contribution in [3.63, 3.8) is 0 Å². The van der Waals surface area contributed by atoms with E-state index in [1.807, 2.05) is 37.3 Å². The minimum absolute atomic E-state index is 0.110. The van der Waals surface area contributed by atoms with Crippen LogP contribution in [0.1, 0.15) is 5.56 Å². The Morgan fingerprint density at radius 3 is 1.97 bits per heavy atom. The fraction of sp³-hybridized carbons (Fsp3) is 0.130. The number of hydrogen-bond acceptors (Lipinski definition) is 4. The molecule has 6 nitrogen and oxygen atoms in total. The van der Waals surface area contributed by atoms with Crippen molar-refractivity contribution in [2.75, 3.05) is 23.8 Å². The van der Waals surface area contributed by atoms with Gasteiger partial charge in [0, 0.05) is 15.8 Å². The lowest BCUT2D eigenvalue weighted by atomic mass is 10.2. The molecule has 3 rings (SSSR count). The third-order valence-corrected chi connectivity index (χ3v) is 4.93. The second kappa shape index (κ2) is 10.5. The van der Waals surface area contributed by atoms with Crippen LogP contribution in [0, 0.1) is 6.92 Å². The Morgan fingerprint density at radius 2 is 1.37 bits per heavy atom. The van der Waals surface area contributed by atoms with E-state index in [2.05, 4.69) is 26.6 Å². The Hall–Kier alpha value is -3.32. The van der Waals surface area contributed by atoms with Crippen LogP contribution in [0.25, 0.3) is 0 Å².